The molecule has 0 unspecified atom stereocenters. The molecule has 0 spiro atoms. The molecule has 4 nitrogen and oxygen atoms in total. The van der Waals surface area contributed by atoms with Gasteiger partial charge in [-0.1, -0.05) is 121 Å². The maximum absolute atomic E-state index is 6.77. The van der Waals surface area contributed by atoms with Gasteiger partial charge in [0, 0.05) is 27.7 Å². The van der Waals surface area contributed by atoms with Gasteiger partial charge in [0.1, 0.15) is 16.8 Å². The quantitative estimate of drug-likeness (QED) is 0.178. The highest BCUT2D eigenvalue weighted by Crippen LogP contribution is 2.48. The smallest absolute Gasteiger partial charge is 0.227 e. The Balaban J connectivity index is 1.32. The Kier molecular flexibility index (Phi) is 6.15. The van der Waals surface area contributed by atoms with Crippen molar-refractivity contribution >= 4 is 71.6 Å². The van der Waals surface area contributed by atoms with Gasteiger partial charge in [-0.3, -0.25) is 0 Å². The van der Waals surface area contributed by atoms with Crippen molar-refractivity contribution in [3.05, 3.63) is 170 Å². The van der Waals surface area contributed by atoms with E-state index in [0.717, 1.165) is 61.2 Å². The number of hydrogen-bond donors (Lipinski definition) is 0. The second-order valence-electron chi connectivity index (χ2n) is 12.4. The molecule has 0 aliphatic carbocycles. The fourth-order valence-electron chi connectivity index (χ4n) is 7.12. The lowest BCUT2D eigenvalue weighted by Crippen LogP contribution is -2.11. The fraction of sp³-hybridized carbons (Fsp3) is 0. The maximum atomic E-state index is 6.77. The van der Waals surface area contributed by atoms with Crippen LogP contribution in [0.3, 0.4) is 0 Å². The first-order valence-electron chi connectivity index (χ1n) is 16.5. The van der Waals surface area contributed by atoms with Crippen LogP contribution in [0.1, 0.15) is 0 Å². The van der Waals surface area contributed by atoms with Gasteiger partial charge in [-0.2, -0.15) is 0 Å². The van der Waals surface area contributed by atoms with Crippen LogP contribution in [0.15, 0.2) is 179 Å². The number of para-hydroxylation sites is 1. The molecule has 0 fully saturated rings. The van der Waals surface area contributed by atoms with Crippen LogP contribution < -0.4 is 4.90 Å². The monoisotopic (exact) mass is 628 g/mol. The van der Waals surface area contributed by atoms with E-state index < -0.39 is 0 Å². The first-order chi connectivity index (χ1) is 24.3. The predicted molar refractivity (Wildman–Crippen MR) is 202 cm³/mol. The summed E-state index contributed by atoms with van der Waals surface area (Å²) in [6, 6.07) is 59.1. The van der Waals surface area contributed by atoms with Crippen LogP contribution in [-0.2, 0) is 0 Å². The summed E-state index contributed by atoms with van der Waals surface area (Å²) in [6.45, 7) is 0. The molecule has 0 saturated carbocycles. The van der Waals surface area contributed by atoms with E-state index in [1.165, 1.54) is 21.5 Å². The van der Waals surface area contributed by atoms with Gasteiger partial charge in [0.15, 0.2) is 11.2 Å². The van der Waals surface area contributed by atoms with Gasteiger partial charge in [-0.15, -0.1) is 0 Å². The van der Waals surface area contributed by atoms with Crippen molar-refractivity contribution in [2.45, 2.75) is 0 Å². The Morgan fingerprint density at radius 1 is 0.408 bits per heavy atom. The molecule has 10 aromatic rings. The van der Waals surface area contributed by atoms with Crippen molar-refractivity contribution < 1.29 is 8.83 Å². The zero-order chi connectivity index (χ0) is 32.3. The third-order valence-electron chi connectivity index (χ3n) is 9.44. The molecule has 0 radical (unpaired) electrons. The summed E-state index contributed by atoms with van der Waals surface area (Å²) in [7, 11) is 0. The lowest BCUT2D eigenvalue weighted by atomic mass is 10.00. The fourth-order valence-corrected chi connectivity index (χ4v) is 7.12. The summed E-state index contributed by atoms with van der Waals surface area (Å²) in [5, 5.41) is 6.79. The minimum atomic E-state index is 0.566. The second-order valence-corrected chi connectivity index (χ2v) is 12.4. The maximum Gasteiger partial charge on any atom is 0.227 e. The van der Waals surface area contributed by atoms with Crippen molar-refractivity contribution in [3.63, 3.8) is 0 Å². The normalized spacial score (nSPS) is 11.7. The SMILES string of the molecule is c1ccc(-c2cccc(N(c3ccc4ccc5ccccc5c4c3)c3c4oc(-c5ccccc5)nc4cc4c3oc3ccccc34)c2)cc1. The zero-order valence-corrected chi connectivity index (χ0v) is 26.4. The molecular weight excluding hydrogens is 601 g/mol. The van der Waals surface area contributed by atoms with Crippen molar-refractivity contribution in [1.29, 1.82) is 0 Å². The number of rotatable bonds is 5. The van der Waals surface area contributed by atoms with Crippen LogP contribution in [0.2, 0.25) is 0 Å². The van der Waals surface area contributed by atoms with Crippen molar-refractivity contribution in [2.24, 2.45) is 0 Å². The highest BCUT2D eigenvalue weighted by Gasteiger charge is 2.27. The Labute approximate surface area is 282 Å². The van der Waals surface area contributed by atoms with E-state index in [1.807, 2.05) is 48.5 Å². The third kappa shape index (κ3) is 4.49. The van der Waals surface area contributed by atoms with Gasteiger partial charge >= 0.3 is 0 Å². The highest BCUT2D eigenvalue weighted by atomic mass is 16.4. The minimum Gasteiger partial charge on any atom is -0.454 e. The molecule has 49 heavy (non-hydrogen) atoms. The Bertz CT molecular complexity index is 2830. The lowest BCUT2D eigenvalue weighted by molar-refractivity contribution is 0.618. The van der Waals surface area contributed by atoms with Crippen LogP contribution >= 0.6 is 0 Å². The summed E-state index contributed by atoms with van der Waals surface area (Å²) < 4.78 is 13.5. The number of furan rings is 1. The number of anilines is 3. The number of aromatic nitrogens is 1. The van der Waals surface area contributed by atoms with E-state index in [-0.39, 0.29) is 0 Å². The number of fused-ring (bicyclic) bond motifs is 7. The second kappa shape index (κ2) is 11.0. The van der Waals surface area contributed by atoms with E-state index in [9.17, 15) is 0 Å². The van der Waals surface area contributed by atoms with Crippen molar-refractivity contribution in [1.82, 2.24) is 4.98 Å². The van der Waals surface area contributed by atoms with Gasteiger partial charge in [-0.05, 0) is 81.2 Å². The van der Waals surface area contributed by atoms with Crippen molar-refractivity contribution in [2.75, 3.05) is 4.90 Å². The molecule has 0 aliphatic heterocycles. The van der Waals surface area contributed by atoms with Gasteiger partial charge in [0.05, 0.1) is 0 Å². The average molecular weight is 629 g/mol. The minimum absolute atomic E-state index is 0.566. The summed E-state index contributed by atoms with van der Waals surface area (Å²) >= 11 is 0. The van der Waals surface area contributed by atoms with E-state index in [0.29, 0.717) is 11.5 Å². The largest absolute Gasteiger partial charge is 0.454 e. The molecular formula is C45H28N2O2. The van der Waals surface area contributed by atoms with Gasteiger partial charge in [0.2, 0.25) is 5.89 Å². The van der Waals surface area contributed by atoms with Gasteiger partial charge in [-0.25, -0.2) is 4.98 Å². The van der Waals surface area contributed by atoms with Gasteiger partial charge in [0.25, 0.3) is 0 Å². The van der Waals surface area contributed by atoms with Gasteiger partial charge < -0.3 is 13.7 Å². The van der Waals surface area contributed by atoms with Crippen LogP contribution in [0, 0.1) is 0 Å². The van der Waals surface area contributed by atoms with Crippen LogP contribution in [0.5, 0.6) is 0 Å². The molecule has 8 aromatic carbocycles. The molecule has 0 amide bonds. The summed E-state index contributed by atoms with van der Waals surface area (Å²) in [5.74, 6) is 0.566. The molecule has 0 bridgehead atoms. The molecule has 0 atom stereocenters. The Hall–Kier alpha value is -6.65. The zero-order valence-electron chi connectivity index (χ0n) is 26.4. The molecule has 4 heteroatoms. The lowest BCUT2D eigenvalue weighted by Gasteiger charge is -2.26. The highest BCUT2D eigenvalue weighted by molar-refractivity contribution is 6.18. The standard InChI is InChI=1S/C45H28N2O2/c1-3-12-29(13-4-1)33-17-11-18-34(26-33)47(35-25-24-31-23-22-30-14-7-8-19-36(30)38(31)27-35)42-43-39(37-20-9-10-21-41(37)48-43)28-40-44(42)49-45(46-40)32-15-5-2-6-16-32/h1-28H. The van der Waals surface area contributed by atoms with E-state index in [2.05, 4.69) is 126 Å². The summed E-state index contributed by atoms with van der Waals surface area (Å²) in [5.41, 5.74) is 8.94. The van der Waals surface area contributed by atoms with E-state index >= 15 is 0 Å². The van der Waals surface area contributed by atoms with Crippen molar-refractivity contribution in [3.8, 4) is 22.6 Å². The number of nitrogens with zero attached hydrogens (tertiary/aromatic N) is 2. The molecule has 230 valence electrons. The summed E-state index contributed by atoms with van der Waals surface area (Å²) in [6.07, 6.45) is 0. The third-order valence-corrected chi connectivity index (χ3v) is 9.44. The molecule has 0 aliphatic rings. The molecule has 10 rings (SSSR count). The first kappa shape index (κ1) is 27.5. The summed E-state index contributed by atoms with van der Waals surface area (Å²) in [4.78, 5) is 7.35. The van der Waals surface area contributed by atoms with E-state index in [4.69, 9.17) is 13.8 Å². The average Bonchev–Trinajstić information content (AvgIpc) is 3.77. The molecule has 2 aromatic heterocycles. The van der Waals surface area contributed by atoms with Crippen LogP contribution in [0.25, 0.3) is 77.2 Å². The topological polar surface area (TPSA) is 42.4 Å². The van der Waals surface area contributed by atoms with Crippen LogP contribution in [-0.4, -0.2) is 4.98 Å². The number of benzene rings is 8. The molecule has 0 saturated heterocycles. The Morgan fingerprint density at radius 2 is 1.06 bits per heavy atom. The number of hydrogen-bond acceptors (Lipinski definition) is 4. The molecule has 0 N–H and O–H groups in total. The van der Waals surface area contributed by atoms with Crippen LogP contribution in [0.4, 0.5) is 17.1 Å². The predicted octanol–water partition coefficient (Wildman–Crippen LogP) is 12.8. The number of oxazole rings is 1. The molecule has 2 heterocycles. The van der Waals surface area contributed by atoms with E-state index in [1.54, 1.807) is 0 Å². The Morgan fingerprint density at radius 3 is 1.90 bits per heavy atom. The first-order valence-corrected chi connectivity index (χ1v) is 16.5.